The lowest BCUT2D eigenvalue weighted by molar-refractivity contribution is 0.102. The van der Waals surface area contributed by atoms with E-state index in [0.717, 1.165) is 12.1 Å². The smallest absolute Gasteiger partial charge is 0.216 e. The third-order valence-corrected chi connectivity index (χ3v) is 2.94. The number of carbonyl (C=O) groups excluding carboxylic acids is 1. The number of nitrogens with zero attached hydrogens (tertiary/aromatic N) is 3. The van der Waals surface area contributed by atoms with Gasteiger partial charge in [-0.3, -0.25) is 4.79 Å². The maximum atomic E-state index is 13.6. The second kappa shape index (κ2) is 4.64. The SMILES string of the molecule is O=C(c1ccc(F)cc1F)c1cnc2ccc(Cl)nn12. The molecule has 2 heterocycles. The summed E-state index contributed by atoms with van der Waals surface area (Å²) in [5.41, 5.74) is 0.197. The number of hydrogen-bond acceptors (Lipinski definition) is 3. The monoisotopic (exact) mass is 293 g/mol. The summed E-state index contributed by atoms with van der Waals surface area (Å²) in [7, 11) is 0. The van der Waals surface area contributed by atoms with Gasteiger partial charge in [-0.05, 0) is 24.3 Å². The van der Waals surface area contributed by atoms with Crippen LogP contribution in [-0.2, 0) is 0 Å². The molecule has 0 aliphatic heterocycles. The zero-order chi connectivity index (χ0) is 14.3. The van der Waals surface area contributed by atoms with Crippen LogP contribution in [0.15, 0.2) is 36.5 Å². The maximum Gasteiger partial charge on any atom is 0.216 e. The lowest BCUT2D eigenvalue weighted by atomic mass is 10.1. The number of halogens is 3. The molecule has 0 radical (unpaired) electrons. The highest BCUT2D eigenvalue weighted by Gasteiger charge is 2.19. The normalized spacial score (nSPS) is 10.9. The van der Waals surface area contributed by atoms with E-state index in [9.17, 15) is 13.6 Å². The molecule has 20 heavy (non-hydrogen) atoms. The van der Waals surface area contributed by atoms with Gasteiger partial charge in [0, 0.05) is 6.07 Å². The molecule has 2 aromatic heterocycles. The van der Waals surface area contributed by atoms with Crippen LogP contribution in [0.2, 0.25) is 5.15 Å². The van der Waals surface area contributed by atoms with Crippen molar-refractivity contribution in [2.45, 2.75) is 0 Å². The van der Waals surface area contributed by atoms with Crippen molar-refractivity contribution in [1.29, 1.82) is 0 Å². The minimum Gasteiger partial charge on any atom is -0.287 e. The molecule has 100 valence electrons. The van der Waals surface area contributed by atoms with Gasteiger partial charge in [0.1, 0.15) is 22.5 Å². The topological polar surface area (TPSA) is 47.3 Å². The molecule has 0 unspecified atom stereocenters. The van der Waals surface area contributed by atoms with E-state index in [1.165, 1.54) is 16.8 Å². The quantitative estimate of drug-likeness (QED) is 0.683. The van der Waals surface area contributed by atoms with Crippen molar-refractivity contribution in [2.75, 3.05) is 0 Å². The molecule has 0 saturated heterocycles. The Kier molecular flexibility index (Phi) is 2.94. The van der Waals surface area contributed by atoms with Crippen LogP contribution in [0.1, 0.15) is 16.1 Å². The van der Waals surface area contributed by atoms with Crippen LogP contribution in [0.5, 0.6) is 0 Å². The van der Waals surface area contributed by atoms with Crippen LogP contribution in [0, 0.1) is 11.6 Å². The number of carbonyl (C=O) groups is 1. The Hall–Kier alpha value is -2.34. The Bertz CT molecular complexity index is 832. The first-order chi connectivity index (χ1) is 9.56. The number of imidazole rings is 1. The van der Waals surface area contributed by atoms with E-state index in [-0.39, 0.29) is 16.4 Å². The Morgan fingerprint density at radius 1 is 1.20 bits per heavy atom. The van der Waals surface area contributed by atoms with Crippen molar-refractivity contribution in [3.63, 3.8) is 0 Å². The molecule has 0 aliphatic carbocycles. The molecule has 4 nitrogen and oxygen atoms in total. The van der Waals surface area contributed by atoms with Crippen LogP contribution in [0.3, 0.4) is 0 Å². The minimum atomic E-state index is -0.938. The molecule has 7 heteroatoms. The predicted molar refractivity (Wildman–Crippen MR) is 67.8 cm³/mol. The Morgan fingerprint density at radius 3 is 2.75 bits per heavy atom. The average molecular weight is 294 g/mol. The van der Waals surface area contributed by atoms with Crippen molar-refractivity contribution in [1.82, 2.24) is 14.6 Å². The summed E-state index contributed by atoms with van der Waals surface area (Å²) in [6.07, 6.45) is 1.27. The lowest BCUT2D eigenvalue weighted by Crippen LogP contribution is -2.09. The van der Waals surface area contributed by atoms with Crippen LogP contribution in [0.4, 0.5) is 8.78 Å². The van der Waals surface area contributed by atoms with Crippen molar-refractivity contribution >= 4 is 23.0 Å². The number of fused-ring (bicyclic) bond motifs is 1. The van der Waals surface area contributed by atoms with E-state index >= 15 is 0 Å². The molecule has 1 aromatic carbocycles. The zero-order valence-corrected chi connectivity index (χ0v) is 10.6. The molecule has 0 aliphatic rings. The lowest BCUT2D eigenvalue weighted by Gasteiger charge is -2.02. The van der Waals surface area contributed by atoms with E-state index in [1.807, 2.05) is 0 Å². The predicted octanol–water partition coefficient (Wildman–Crippen LogP) is 2.89. The van der Waals surface area contributed by atoms with Crippen LogP contribution in [-0.4, -0.2) is 20.4 Å². The highest BCUT2D eigenvalue weighted by atomic mass is 35.5. The van der Waals surface area contributed by atoms with Gasteiger partial charge in [-0.25, -0.2) is 18.3 Å². The number of rotatable bonds is 2. The molecule has 0 saturated carbocycles. The molecule has 0 atom stereocenters. The van der Waals surface area contributed by atoms with Crippen LogP contribution >= 0.6 is 11.6 Å². The summed E-state index contributed by atoms with van der Waals surface area (Å²) in [6, 6.07) is 5.84. The number of hydrogen-bond donors (Lipinski definition) is 0. The van der Waals surface area contributed by atoms with E-state index in [4.69, 9.17) is 11.6 Å². The van der Waals surface area contributed by atoms with Gasteiger partial charge in [0.25, 0.3) is 0 Å². The largest absolute Gasteiger partial charge is 0.287 e. The van der Waals surface area contributed by atoms with Crippen molar-refractivity contribution in [2.24, 2.45) is 0 Å². The maximum absolute atomic E-state index is 13.6. The molecule has 0 spiro atoms. The van der Waals surface area contributed by atoms with Crippen molar-refractivity contribution in [3.05, 3.63) is 64.6 Å². The van der Waals surface area contributed by atoms with E-state index in [2.05, 4.69) is 10.1 Å². The number of benzene rings is 1. The van der Waals surface area contributed by atoms with Crippen LogP contribution in [0.25, 0.3) is 5.65 Å². The molecular formula is C13H6ClF2N3O. The van der Waals surface area contributed by atoms with Crippen LogP contribution < -0.4 is 0 Å². The van der Waals surface area contributed by atoms with Gasteiger partial charge in [0.05, 0.1) is 11.8 Å². The highest BCUT2D eigenvalue weighted by Crippen LogP contribution is 2.16. The molecule has 3 aromatic rings. The summed E-state index contributed by atoms with van der Waals surface area (Å²) in [6.45, 7) is 0. The Balaban J connectivity index is 2.15. The number of ketones is 1. The summed E-state index contributed by atoms with van der Waals surface area (Å²) in [5.74, 6) is -2.34. The average Bonchev–Trinajstić information content (AvgIpc) is 2.81. The second-order valence-corrected chi connectivity index (χ2v) is 4.41. The van der Waals surface area contributed by atoms with E-state index in [0.29, 0.717) is 11.7 Å². The van der Waals surface area contributed by atoms with Gasteiger partial charge >= 0.3 is 0 Å². The molecular weight excluding hydrogens is 288 g/mol. The zero-order valence-electron chi connectivity index (χ0n) is 9.85. The summed E-state index contributed by atoms with van der Waals surface area (Å²) < 4.78 is 27.7. The fourth-order valence-corrected chi connectivity index (χ4v) is 1.96. The fourth-order valence-electron chi connectivity index (χ4n) is 1.82. The summed E-state index contributed by atoms with van der Waals surface area (Å²) in [4.78, 5) is 16.2. The van der Waals surface area contributed by atoms with E-state index in [1.54, 1.807) is 6.07 Å². The van der Waals surface area contributed by atoms with Crippen molar-refractivity contribution < 1.29 is 13.6 Å². The number of aromatic nitrogens is 3. The Labute approximate surface area is 116 Å². The first-order valence-electron chi connectivity index (χ1n) is 5.56. The fraction of sp³-hybridized carbons (Fsp3) is 0. The molecule has 0 bridgehead atoms. The van der Waals surface area contributed by atoms with Gasteiger partial charge in [-0.1, -0.05) is 11.6 Å². The first kappa shape index (κ1) is 12.7. The van der Waals surface area contributed by atoms with Gasteiger partial charge in [0.15, 0.2) is 5.65 Å². The third kappa shape index (κ3) is 2.04. The van der Waals surface area contributed by atoms with Gasteiger partial charge in [-0.15, -0.1) is 0 Å². The second-order valence-electron chi connectivity index (χ2n) is 4.02. The molecule has 0 fully saturated rings. The van der Waals surface area contributed by atoms with E-state index < -0.39 is 17.4 Å². The standard InChI is InChI=1S/C13H6ClF2N3O/c14-11-3-4-12-17-6-10(19(12)18-11)13(20)8-2-1-7(15)5-9(8)16/h1-6H. The van der Waals surface area contributed by atoms with Gasteiger partial charge < -0.3 is 0 Å². The van der Waals surface area contributed by atoms with Crippen molar-refractivity contribution in [3.8, 4) is 0 Å². The van der Waals surface area contributed by atoms with Gasteiger partial charge in [-0.2, -0.15) is 5.10 Å². The molecule has 0 amide bonds. The van der Waals surface area contributed by atoms with Gasteiger partial charge in [0.2, 0.25) is 5.78 Å². The minimum absolute atomic E-state index is 0.0491. The summed E-state index contributed by atoms with van der Waals surface area (Å²) in [5, 5.41) is 4.10. The molecule has 3 rings (SSSR count). The molecule has 0 N–H and O–H groups in total. The summed E-state index contributed by atoms with van der Waals surface area (Å²) >= 11 is 5.76. The third-order valence-electron chi connectivity index (χ3n) is 2.74. The Morgan fingerprint density at radius 2 is 2.00 bits per heavy atom. The first-order valence-corrected chi connectivity index (χ1v) is 5.94. The highest BCUT2D eigenvalue weighted by molar-refractivity contribution is 6.29.